The second kappa shape index (κ2) is 7.73. The van der Waals surface area contributed by atoms with Gasteiger partial charge >= 0.3 is 0 Å². The van der Waals surface area contributed by atoms with Gasteiger partial charge < -0.3 is 10.2 Å². The number of nitrogens with one attached hydrogen (secondary N) is 1. The third-order valence-corrected chi connectivity index (χ3v) is 4.15. The van der Waals surface area contributed by atoms with E-state index >= 15 is 0 Å². The fraction of sp³-hybridized carbons (Fsp3) is 0.316. The van der Waals surface area contributed by atoms with Gasteiger partial charge in [0.15, 0.2) is 0 Å². The first-order valence-corrected chi connectivity index (χ1v) is 8.31. The first-order valence-electron chi connectivity index (χ1n) is 8.31. The lowest BCUT2D eigenvalue weighted by molar-refractivity contribution is -0.127. The number of rotatable bonds is 6. The van der Waals surface area contributed by atoms with E-state index in [2.05, 4.69) is 10.3 Å². The molecule has 1 saturated heterocycles. The molecule has 2 aromatic rings. The van der Waals surface area contributed by atoms with Gasteiger partial charge in [0.05, 0.1) is 5.69 Å². The zero-order valence-electron chi connectivity index (χ0n) is 13.6. The largest absolute Gasteiger partial charge is 0.352 e. The Hall–Kier alpha value is -2.69. The highest BCUT2D eigenvalue weighted by Gasteiger charge is 2.19. The highest BCUT2D eigenvalue weighted by atomic mass is 16.2. The molecule has 0 unspecified atom stereocenters. The van der Waals surface area contributed by atoms with E-state index in [1.165, 1.54) is 0 Å². The van der Waals surface area contributed by atoms with Crippen molar-refractivity contribution in [3.05, 3.63) is 54.2 Å². The van der Waals surface area contributed by atoms with Gasteiger partial charge in [-0.15, -0.1) is 0 Å². The third-order valence-electron chi connectivity index (χ3n) is 4.15. The van der Waals surface area contributed by atoms with Crippen molar-refractivity contribution in [2.75, 3.05) is 19.6 Å². The second-order valence-corrected chi connectivity index (χ2v) is 5.89. The van der Waals surface area contributed by atoms with Crippen LogP contribution >= 0.6 is 0 Å². The SMILES string of the molecule is O=C(NCCCN1CCCC1=O)c1ccnc(-c2ccccc2)c1. The quantitative estimate of drug-likeness (QED) is 0.831. The summed E-state index contributed by atoms with van der Waals surface area (Å²) in [5.41, 5.74) is 2.37. The molecule has 5 heteroatoms. The number of carbonyl (C=O) groups excluding carboxylic acids is 2. The second-order valence-electron chi connectivity index (χ2n) is 5.89. The smallest absolute Gasteiger partial charge is 0.251 e. The standard InChI is InChI=1S/C19H21N3O2/c23-18-8-4-12-22(18)13-5-10-21-19(24)16-9-11-20-17(14-16)15-6-2-1-3-7-15/h1-3,6-7,9,11,14H,4-5,8,10,12-13H2,(H,21,24). The molecule has 0 atom stereocenters. The summed E-state index contributed by atoms with van der Waals surface area (Å²) in [6.45, 7) is 2.12. The van der Waals surface area contributed by atoms with Crippen molar-refractivity contribution in [3.8, 4) is 11.3 Å². The van der Waals surface area contributed by atoms with E-state index in [0.717, 1.165) is 30.6 Å². The van der Waals surface area contributed by atoms with Gasteiger partial charge in [0.1, 0.15) is 0 Å². The molecule has 0 saturated carbocycles. The summed E-state index contributed by atoms with van der Waals surface area (Å²) < 4.78 is 0. The Kier molecular flexibility index (Phi) is 5.21. The predicted molar refractivity (Wildman–Crippen MR) is 92.4 cm³/mol. The number of hydrogen-bond donors (Lipinski definition) is 1. The van der Waals surface area contributed by atoms with Gasteiger partial charge in [-0.2, -0.15) is 0 Å². The fourth-order valence-electron chi connectivity index (χ4n) is 2.85. The van der Waals surface area contributed by atoms with E-state index in [0.29, 0.717) is 25.1 Å². The molecule has 1 aliphatic heterocycles. The van der Waals surface area contributed by atoms with E-state index in [9.17, 15) is 9.59 Å². The molecular formula is C19H21N3O2. The molecule has 0 spiro atoms. The van der Waals surface area contributed by atoms with E-state index in [4.69, 9.17) is 0 Å². The highest BCUT2D eigenvalue weighted by Crippen LogP contribution is 2.17. The van der Waals surface area contributed by atoms with Crippen molar-refractivity contribution in [1.82, 2.24) is 15.2 Å². The number of amides is 2. The van der Waals surface area contributed by atoms with Crippen molar-refractivity contribution >= 4 is 11.8 Å². The highest BCUT2D eigenvalue weighted by molar-refractivity contribution is 5.95. The normalized spacial score (nSPS) is 14.0. The van der Waals surface area contributed by atoms with Crippen LogP contribution in [0.25, 0.3) is 11.3 Å². The third kappa shape index (κ3) is 3.98. The van der Waals surface area contributed by atoms with E-state index in [1.54, 1.807) is 18.3 Å². The zero-order chi connectivity index (χ0) is 16.8. The van der Waals surface area contributed by atoms with Crippen LogP contribution in [0, 0.1) is 0 Å². The molecule has 24 heavy (non-hydrogen) atoms. The molecule has 2 amide bonds. The lowest BCUT2D eigenvalue weighted by Crippen LogP contribution is -2.30. The van der Waals surface area contributed by atoms with Crippen LogP contribution in [-0.4, -0.2) is 41.3 Å². The summed E-state index contributed by atoms with van der Waals surface area (Å²) in [5, 5.41) is 2.91. The van der Waals surface area contributed by atoms with Gasteiger partial charge in [0.25, 0.3) is 5.91 Å². The first kappa shape index (κ1) is 16.2. The minimum Gasteiger partial charge on any atom is -0.352 e. The molecule has 2 heterocycles. The van der Waals surface area contributed by atoms with Crippen molar-refractivity contribution in [2.45, 2.75) is 19.3 Å². The number of hydrogen-bond acceptors (Lipinski definition) is 3. The lowest BCUT2D eigenvalue weighted by Gasteiger charge is -2.15. The Morgan fingerprint density at radius 2 is 2.04 bits per heavy atom. The minimum atomic E-state index is -0.109. The molecule has 0 aliphatic carbocycles. The number of carbonyl (C=O) groups is 2. The van der Waals surface area contributed by atoms with E-state index in [1.807, 2.05) is 35.2 Å². The summed E-state index contributed by atoms with van der Waals surface area (Å²) in [7, 11) is 0. The van der Waals surface area contributed by atoms with Crippen molar-refractivity contribution in [2.24, 2.45) is 0 Å². The number of aromatic nitrogens is 1. The zero-order valence-corrected chi connectivity index (χ0v) is 13.6. The summed E-state index contributed by atoms with van der Waals surface area (Å²) >= 11 is 0. The average Bonchev–Trinajstić information content (AvgIpc) is 3.04. The van der Waals surface area contributed by atoms with Crippen molar-refractivity contribution < 1.29 is 9.59 Å². The van der Waals surface area contributed by atoms with Gasteiger partial charge in [0, 0.05) is 43.4 Å². The maximum absolute atomic E-state index is 12.3. The Morgan fingerprint density at radius 3 is 2.79 bits per heavy atom. The minimum absolute atomic E-state index is 0.109. The molecule has 0 bridgehead atoms. The van der Waals surface area contributed by atoms with Crippen LogP contribution in [0.5, 0.6) is 0 Å². The summed E-state index contributed by atoms with van der Waals surface area (Å²) in [4.78, 5) is 30.0. The molecule has 3 rings (SSSR count). The van der Waals surface area contributed by atoms with Gasteiger partial charge in [0.2, 0.25) is 5.91 Å². The maximum Gasteiger partial charge on any atom is 0.251 e. The first-order chi connectivity index (χ1) is 11.7. The molecule has 0 radical (unpaired) electrons. The van der Waals surface area contributed by atoms with E-state index in [-0.39, 0.29) is 11.8 Å². The summed E-state index contributed by atoms with van der Waals surface area (Å²) in [6.07, 6.45) is 4.03. The number of benzene rings is 1. The van der Waals surface area contributed by atoms with Crippen LogP contribution in [0.3, 0.4) is 0 Å². The van der Waals surface area contributed by atoms with Crippen LogP contribution < -0.4 is 5.32 Å². The van der Waals surface area contributed by atoms with E-state index < -0.39 is 0 Å². The molecule has 1 aromatic heterocycles. The Bertz CT molecular complexity index is 716. The number of likely N-dealkylation sites (tertiary alicyclic amines) is 1. The number of nitrogens with zero attached hydrogens (tertiary/aromatic N) is 2. The molecule has 1 fully saturated rings. The number of pyridine rings is 1. The Labute approximate surface area is 141 Å². The van der Waals surface area contributed by atoms with Gasteiger partial charge in [-0.3, -0.25) is 14.6 Å². The molecule has 5 nitrogen and oxygen atoms in total. The van der Waals surface area contributed by atoms with Gasteiger partial charge in [-0.1, -0.05) is 30.3 Å². The fourth-order valence-corrected chi connectivity index (χ4v) is 2.85. The van der Waals surface area contributed by atoms with Gasteiger partial charge in [-0.25, -0.2) is 0 Å². The summed E-state index contributed by atoms with van der Waals surface area (Å²) in [5.74, 6) is 0.116. The molecule has 1 aromatic carbocycles. The van der Waals surface area contributed by atoms with Crippen molar-refractivity contribution in [1.29, 1.82) is 0 Å². The lowest BCUT2D eigenvalue weighted by atomic mass is 10.1. The maximum atomic E-state index is 12.3. The Balaban J connectivity index is 1.52. The molecule has 124 valence electrons. The van der Waals surface area contributed by atoms with Gasteiger partial charge in [-0.05, 0) is 25.0 Å². The molecule has 1 N–H and O–H groups in total. The summed E-state index contributed by atoms with van der Waals surface area (Å²) in [6, 6.07) is 13.3. The van der Waals surface area contributed by atoms with Crippen LogP contribution in [0.15, 0.2) is 48.7 Å². The average molecular weight is 323 g/mol. The molecular weight excluding hydrogens is 302 g/mol. The van der Waals surface area contributed by atoms with Crippen LogP contribution in [-0.2, 0) is 4.79 Å². The Morgan fingerprint density at radius 1 is 1.21 bits per heavy atom. The van der Waals surface area contributed by atoms with Crippen LogP contribution in [0.1, 0.15) is 29.6 Å². The van der Waals surface area contributed by atoms with Crippen LogP contribution in [0.2, 0.25) is 0 Å². The molecule has 1 aliphatic rings. The van der Waals surface area contributed by atoms with Crippen molar-refractivity contribution in [3.63, 3.8) is 0 Å². The monoisotopic (exact) mass is 323 g/mol. The van der Waals surface area contributed by atoms with Crippen LogP contribution in [0.4, 0.5) is 0 Å². The topological polar surface area (TPSA) is 62.3 Å². The predicted octanol–water partition coefficient (Wildman–Crippen LogP) is 2.49.